The van der Waals surface area contributed by atoms with Crippen molar-refractivity contribution in [3.05, 3.63) is 29.3 Å². The zero-order valence-electron chi connectivity index (χ0n) is 13.0. The molecular weight excluding hydrogens is 284 g/mol. The molecule has 21 heavy (non-hydrogen) atoms. The van der Waals surface area contributed by atoms with Crippen molar-refractivity contribution in [3.63, 3.8) is 0 Å². The maximum Gasteiger partial charge on any atom is 0.243 e. The summed E-state index contributed by atoms with van der Waals surface area (Å²) in [7, 11) is -3.47. The molecule has 0 aliphatic rings. The summed E-state index contributed by atoms with van der Waals surface area (Å²) < 4.78 is 27.1. The van der Waals surface area contributed by atoms with Crippen LogP contribution in [0.2, 0.25) is 0 Å². The van der Waals surface area contributed by atoms with E-state index in [-0.39, 0.29) is 6.54 Å². The molecule has 0 aliphatic carbocycles. The van der Waals surface area contributed by atoms with Crippen molar-refractivity contribution < 1.29 is 8.42 Å². The Morgan fingerprint density at radius 2 is 2.00 bits per heavy atom. The van der Waals surface area contributed by atoms with Gasteiger partial charge in [-0.15, -0.1) is 0 Å². The normalized spacial score (nSPS) is 11.3. The highest BCUT2D eigenvalue weighted by molar-refractivity contribution is 7.89. The first-order valence-electron chi connectivity index (χ1n) is 7.27. The van der Waals surface area contributed by atoms with E-state index in [4.69, 9.17) is 5.73 Å². The largest absolute Gasteiger partial charge is 0.320 e. The Labute approximate surface area is 128 Å². The molecule has 1 aromatic rings. The highest BCUT2D eigenvalue weighted by Crippen LogP contribution is 2.21. The second-order valence-corrected chi connectivity index (χ2v) is 6.74. The maximum atomic E-state index is 12.8. The summed E-state index contributed by atoms with van der Waals surface area (Å²) in [5, 5.41) is 0. The Bertz CT molecular complexity index is 627. The summed E-state index contributed by atoms with van der Waals surface area (Å²) in [6, 6.07) is 5.25. The summed E-state index contributed by atoms with van der Waals surface area (Å²) in [6.45, 7) is 7.00. The first kappa shape index (κ1) is 17.7. The van der Waals surface area contributed by atoms with Gasteiger partial charge >= 0.3 is 0 Å². The molecule has 0 spiro atoms. The van der Waals surface area contributed by atoms with E-state index < -0.39 is 10.0 Å². The number of unbranched alkanes of at least 4 members (excludes halogenated alkanes) is 1. The van der Waals surface area contributed by atoms with Crippen molar-refractivity contribution in [3.8, 4) is 11.8 Å². The molecule has 0 atom stereocenters. The van der Waals surface area contributed by atoms with Crippen molar-refractivity contribution in [1.82, 2.24) is 4.31 Å². The SMILES string of the molecule is CCCCN(CC)S(=O)(=O)c1cc(C#CCN)ccc1C. The first-order chi connectivity index (χ1) is 9.97. The molecule has 2 N–H and O–H groups in total. The molecular formula is C16H24N2O2S. The summed E-state index contributed by atoms with van der Waals surface area (Å²) in [5.74, 6) is 5.64. The predicted molar refractivity (Wildman–Crippen MR) is 86.5 cm³/mol. The van der Waals surface area contributed by atoms with E-state index in [1.807, 2.05) is 13.0 Å². The van der Waals surface area contributed by atoms with E-state index in [1.165, 1.54) is 4.31 Å². The molecule has 0 fully saturated rings. The second kappa shape index (κ2) is 8.18. The lowest BCUT2D eigenvalue weighted by Gasteiger charge is -2.21. The molecule has 1 rings (SSSR count). The van der Waals surface area contributed by atoms with Crippen molar-refractivity contribution in [2.75, 3.05) is 19.6 Å². The van der Waals surface area contributed by atoms with Gasteiger partial charge in [-0.05, 0) is 31.0 Å². The van der Waals surface area contributed by atoms with Gasteiger partial charge in [0.05, 0.1) is 11.4 Å². The zero-order chi connectivity index (χ0) is 15.9. The molecule has 0 unspecified atom stereocenters. The monoisotopic (exact) mass is 308 g/mol. The molecule has 0 aromatic heterocycles. The fourth-order valence-corrected chi connectivity index (χ4v) is 3.77. The number of nitrogens with two attached hydrogens (primary N) is 1. The molecule has 0 heterocycles. The lowest BCUT2D eigenvalue weighted by Crippen LogP contribution is -2.32. The van der Waals surface area contributed by atoms with Crippen molar-refractivity contribution in [2.45, 2.75) is 38.5 Å². The highest BCUT2D eigenvalue weighted by atomic mass is 32.2. The average molecular weight is 308 g/mol. The van der Waals surface area contributed by atoms with Gasteiger partial charge < -0.3 is 5.73 Å². The average Bonchev–Trinajstić information content (AvgIpc) is 2.46. The van der Waals surface area contributed by atoms with Gasteiger partial charge in [0.1, 0.15) is 0 Å². The third kappa shape index (κ3) is 4.57. The second-order valence-electron chi connectivity index (χ2n) is 4.84. The summed E-state index contributed by atoms with van der Waals surface area (Å²) in [4.78, 5) is 0.337. The third-order valence-corrected chi connectivity index (χ3v) is 5.37. The smallest absolute Gasteiger partial charge is 0.243 e. The van der Waals surface area contributed by atoms with Gasteiger partial charge in [-0.25, -0.2) is 8.42 Å². The Kier molecular flexibility index (Phi) is 6.90. The molecule has 0 amide bonds. The van der Waals surface area contributed by atoms with E-state index in [9.17, 15) is 8.42 Å². The molecule has 4 nitrogen and oxygen atoms in total. The van der Waals surface area contributed by atoms with Crippen LogP contribution in [0.15, 0.2) is 23.1 Å². The molecule has 0 saturated heterocycles. The van der Waals surface area contributed by atoms with Crippen molar-refractivity contribution >= 4 is 10.0 Å². The van der Waals surface area contributed by atoms with Crippen LogP contribution in [0.3, 0.4) is 0 Å². The Morgan fingerprint density at radius 3 is 2.57 bits per heavy atom. The lowest BCUT2D eigenvalue weighted by molar-refractivity contribution is 0.418. The number of rotatable bonds is 6. The Balaban J connectivity index is 3.22. The van der Waals surface area contributed by atoms with Crippen molar-refractivity contribution in [1.29, 1.82) is 0 Å². The maximum absolute atomic E-state index is 12.8. The van der Waals surface area contributed by atoms with E-state index in [0.29, 0.717) is 23.5 Å². The summed E-state index contributed by atoms with van der Waals surface area (Å²) >= 11 is 0. The predicted octanol–water partition coefficient (Wildman–Crippen LogP) is 2.12. The number of nitrogens with zero attached hydrogens (tertiary/aromatic N) is 1. The van der Waals surface area contributed by atoms with E-state index >= 15 is 0 Å². The van der Waals surface area contributed by atoms with Crippen LogP contribution in [-0.4, -0.2) is 32.4 Å². The standard InChI is InChI=1S/C16H24N2O2S/c1-4-6-12-18(5-2)21(19,20)16-13-15(8-7-11-17)10-9-14(16)3/h9-10,13H,4-6,11-12,17H2,1-3H3. The van der Waals surface area contributed by atoms with E-state index in [1.54, 1.807) is 19.1 Å². The fraction of sp³-hybridized carbons (Fsp3) is 0.500. The van der Waals surface area contributed by atoms with Gasteiger partial charge in [-0.2, -0.15) is 4.31 Å². The van der Waals surface area contributed by atoms with Crippen molar-refractivity contribution in [2.24, 2.45) is 5.73 Å². The molecule has 0 bridgehead atoms. The van der Waals surface area contributed by atoms with Crippen LogP contribution in [0.25, 0.3) is 0 Å². The number of hydrogen-bond acceptors (Lipinski definition) is 3. The van der Waals surface area contributed by atoms with Gasteiger partial charge in [-0.1, -0.05) is 38.2 Å². The van der Waals surface area contributed by atoms with Gasteiger partial charge in [0.15, 0.2) is 0 Å². The van der Waals surface area contributed by atoms with Crippen LogP contribution in [0, 0.1) is 18.8 Å². The van der Waals surface area contributed by atoms with Gasteiger partial charge in [-0.3, -0.25) is 0 Å². The van der Waals surface area contributed by atoms with Crippen LogP contribution >= 0.6 is 0 Å². The van der Waals surface area contributed by atoms with Crippen LogP contribution in [0.4, 0.5) is 0 Å². The lowest BCUT2D eigenvalue weighted by atomic mass is 10.1. The van der Waals surface area contributed by atoms with Crippen LogP contribution in [0.5, 0.6) is 0 Å². The number of hydrogen-bond donors (Lipinski definition) is 1. The first-order valence-corrected chi connectivity index (χ1v) is 8.71. The topological polar surface area (TPSA) is 63.4 Å². The zero-order valence-corrected chi connectivity index (χ0v) is 13.8. The fourth-order valence-electron chi connectivity index (χ4n) is 2.03. The molecule has 0 radical (unpaired) electrons. The molecule has 0 saturated carbocycles. The number of aryl methyl sites for hydroxylation is 1. The molecule has 116 valence electrons. The van der Waals surface area contributed by atoms with Crippen LogP contribution in [0.1, 0.15) is 37.8 Å². The Hall–Kier alpha value is -1.35. The highest BCUT2D eigenvalue weighted by Gasteiger charge is 2.24. The minimum absolute atomic E-state index is 0.257. The quantitative estimate of drug-likeness (QED) is 0.819. The van der Waals surface area contributed by atoms with E-state index in [2.05, 4.69) is 18.8 Å². The number of sulfonamides is 1. The van der Waals surface area contributed by atoms with Crippen LogP contribution in [-0.2, 0) is 10.0 Å². The van der Waals surface area contributed by atoms with Gasteiger partial charge in [0.25, 0.3) is 0 Å². The number of benzene rings is 1. The van der Waals surface area contributed by atoms with E-state index in [0.717, 1.165) is 18.4 Å². The summed E-state index contributed by atoms with van der Waals surface area (Å²) in [5.41, 5.74) is 6.77. The van der Waals surface area contributed by atoms with Gasteiger partial charge in [0.2, 0.25) is 10.0 Å². The third-order valence-electron chi connectivity index (χ3n) is 3.25. The Morgan fingerprint density at radius 1 is 1.29 bits per heavy atom. The molecule has 0 aliphatic heterocycles. The minimum atomic E-state index is -3.47. The molecule has 1 aromatic carbocycles. The molecule has 5 heteroatoms. The summed E-state index contributed by atoms with van der Waals surface area (Å²) in [6.07, 6.45) is 1.83. The van der Waals surface area contributed by atoms with Crippen LogP contribution < -0.4 is 5.73 Å². The minimum Gasteiger partial charge on any atom is -0.320 e. The van der Waals surface area contributed by atoms with Gasteiger partial charge in [0, 0.05) is 18.7 Å².